The van der Waals surface area contributed by atoms with E-state index in [9.17, 15) is 19.4 Å². The second-order valence-corrected chi connectivity index (χ2v) is 4.13. The maximum Gasteiger partial charge on any atom is 0.216 e. The summed E-state index contributed by atoms with van der Waals surface area (Å²) in [5, 5.41) is 31.0. The largest absolute Gasteiger partial charge is 0.390 e. The highest BCUT2D eigenvalue weighted by Gasteiger charge is 2.21. The molecule has 102 valence electrons. The molecule has 1 aromatic rings. The molecule has 0 aliphatic rings. The Bertz CT molecular complexity index is 499. The van der Waals surface area contributed by atoms with Crippen molar-refractivity contribution in [2.75, 3.05) is 6.54 Å². The first kappa shape index (κ1) is 15.1. The van der Waals surface area contributed by atoms with Crippen LogP contribution >= 0.6 is 0 Å². The second kappa shape index (κ2) is 6.83. The van der Waals surface area contributed by atoms with E-state index in [4.69, 9.17) is 5.26 Å². The third kappa shape index (κ3) is 4.32. The Morgan fingerprint density at radius 1 is 1.53 bits per heavy atom. The second-order valence-electron chi connectivity index (χ2n) is 4.13. The number of carbonyl (C=O) groups is 1. The Kier molecular flexibility index (Phi) is 5.42. The zero-order valence-electron chi connectivity index (χ0n) is 10.4. The van der Waals surface area contributed by atoms with Gasteiger partial charge in [0.15, 0.2) is 0 Å². The molecule has 0 radical (unpaired) electrons. The average Bonchev–Trinajstić information content (AvgIpc) is 2.37. The highest BCUT2D eigenvalue weighted by atomic mass is 19.1. The Hall–Kier alpha value is -1.97. The Morgan fingerprint density at radius 2 is 2.21 bits per heavy atom. The maximum atomic E-state index is 12.9. The van der Waals surface area contributed by atoms with E-state index in [1.54, 1.807) is 6.07 Å². The van der Waals surface area contributed by atoms with Gasteiger partial charge < -0.3 is 15.5 Å². The summed E-state index contributed by atoms with van der Waals surface area (Å²) in [6.07, 6.45) is -2.32. The van der Waals surface area contributed by atoms with Gasteiger partial charge in [-0.2, -0.15) is 5.26 Å². The minimum atomic E-state index is -1.30. The number of halogens is 1. The predicted molar refractivity (Wildman–Crippen MR) is 65.4 cm³/mol. The molecule has 0 aliphatic heterocycles. The van der Waals surface area contributed by atoms with Crippen LogP contribution in [0.15, 0.2) is 18.2 Å². The number of aliphatic hydroxyl groups excluding tert-OH is 2. The molecular formula is C13H15FN2O3. The molecule has 3 N–H and O–H groups in total. The zero-order chi connectivity index (χ0) is 14.4. The summed E-state index contributed by atoms with van der Waals surface area (Å²) in [6.45, 7) is 1.55. The minimum absolute atomic E-state index is 0.0222. The van der Waals surface area contributed by atoms with Crippen LogP contribution in [-0.2, 0) is 4.79 Å². The molecule has 1 aromatic carbocycles. The van der Waals surface area contributed by atoms with Crippen molar-refractivity contribution in [3.8, 4) is 6.07 Å². The number of carbonyl (C=O) groups excluding carboxylic acids is 1. The van der Waals surface area contributed by atoms with Gasteiger partial charge in [0.05, 0.1) is 17.7 Å². The fourth-order valence-electron chi connectivity index (χ4n) is 1.64. The van der Waals surface area contributed by atoms with Crippen LogP contribution in [0, 0.1) is 17.1 Å². The van der Waals surface area contributed by atoms with Crippen molar-refractivity contribution >= 4 is 5.91 Å². The summed E-state index contributed by atoms with van der Waals surface area (Å²) in [5.74, 6) is -0.818. The summed E-state index contributed by atoms with van der Waals surface area (Å²) >= 11 is 0. The van der Waals surface area contributed by atoms with Gasteiger partial charge in [-0.05, 0) is 18.6 Å². The van der Waals surface area contributed by atoms with Gasteiger partial charge >= 0.3 is 0 Å². The summed E-state index contributed by atoms with van der Waals surface area (Å²) in [4.78, 5) is 10.7. The molecule has 1 amide bonds. The first-order chi connectivity index (χ1) is 8.95. The number of hydrogen-bond donors (Lipinski definition) is 3. The van der Waals surface area contributed by atoms with Crippen molar-refractivity contribution in [3.63, 3.8) is 0 Å². The predicted octanol–water partition coefficient (Wildman–Crippen LogP) is 0.618. The van der Waals surface area contributed by atoms with Crippen molar-refractivity contribution in [1.82, 2.24) is 5.32 Å². The van der Waals surface area contributed by atoms with E-state index < -0.39 is 18.0 Å². The maximum absolute atomic E-state index is 12.9. The van der Waals surface area contributed by atoms with Gasteiger partial charge in [0.25, 0.3) is 0 Å². The Morgan fingerprint density at radius 3 is 2.79 bits per heavy atom. The number of rotatable bonds is 5. The molecule has 2 atom stereocenters. The highest BCUT2D eigenvalue weighted by Crippen LogP contribution is 2.23. The lowest BCUT2D eigenvalue weighted by atomic mass is 9.97. The van der Waals surface area contributed by atoms with Crippen LogP contribution in [0.3, 0.4) is 0 Å². The van der Waals surface area contributed by atoms with Gasteiger partial charge in [-0.15, -0.1) is 0 Å². The zero-order valence-corrected chi connectivity index (χ0v) is 10.4. The van der Waals surface area contributed by atoms with Crippen molar-refractivity contribution in [1.29, 1.82) is 5.26 Å². The first-order valence-corrected chi connectivity index (χ1v) is 5.75. The summed E-state index contributed by atoms with van der Waals surface area (Å²) in [6, 6.07) is 5.14. The normalized spacial score (nSPS) is 13.4. The van der Waals surface area contributed by atoms with Gasteiger partial charge in [-0.1, -0.05) is 6.07 Å². The van der Waals surface area contributed by atoms with Crippen molar-refractivity contribution in [2.24, 2.45) is 0 Å². The lowest BCUT2D eigenvalue weighted by molar-refractivity contribution is -0.119. The molecular weight excluding hydrogens is 251 g/mol. The van der Waals surface area contributed by atoms with Gasteiger partial charge in [0.2, 0.25) is 5.91 Å². The lowest BCUT2D eigenvalue weighted by Gasteiger charge is -2.19. The van der Waals surface area contributed by atoms with Crippen LogP contribution in [0.5, 0.6) is 0 Å². The van der Waals surface area contributed by atoms with Crippen LogP contribution < -0.4 is 5.32 Å². The lowest BCUT2D eigenvalue weighted by Crippen LogP contribution is -2.28. The molecule has 0 spiro atoms. The fraction of sp³-hybridized carbons (Fsp3) is 0.385. The molecule has 5 nitrogen and oxygen atoms in total. The molecule has 0 aromatic heterocycles. The van der Waals surface area contributed by atoms with E-state index in [0.29, 0.717) is 0 Å². The van der Waals surface area contributed by atoms with Crippen LogP contribution in [0.25, 0.3) is 0 Å². The van der Waals surface area contributed by atoms with Crippen LogP contribution in [0.2, 0.25) is 0 Å². The Balaban J connectivity index is 2.74. The molecule has 2 unspecified atom stereocenters. The van der Waals surface area contributed by atoms with Gasteiger partial charge in [-0.3, -0.25) is 4.79 Å². The molecule has 0 fully saturated rings. The Labute approximate surface area is 110 Å². The van der Waals surface area contributed by atoms with Gasteiger partial charge in [-0.25, -0.2) is 4.39 Å². The average molecular weight is 266 g/mol. The number of benzene rings is 1. The van der Waals surface area contributed by atoms with Gasteiger partial charge in [0.1, 0.15) is 11.9 Å². The number of nitrogens with zero attached hydrogens (tertiary/aromatic N) is 1. The third-order valence-electron chi connectivity index (χ3n) is 2.63. The van der Waals surface area contributed by atoms with E-state index in [1.807, 2.05) is 0 Å². The van der Waals surface area contributed by atoms with E-state index in [1.165, 1.54) is 13.0 Å². The topological polar surface area (TPSA) is 93.3 Å². The quantitative estimate of drug-likeness (QED) is 0.728. The van der Waals surface area contributed by atoms with Crippen molar-refractivity contribution < 1.29 is 19.4 Å². The molecule has 0 saturated carbocycles. The minimum Gasteiger partial charge on any atom is -0.390 e. The number of aliphatic hydroxyl groups is 2. The molecule has 6 heteroatoms. The van der Waals surface area contributed by atoms with Crippen LogP contribution in [-0.4, -0.2) is 28.8 Å². The number of nitrogens with one attached hydrogen (secondary N) is 1. The molecule has 0 saturated heterocycles. The van der Waals surface area contributed by atoms with E-state index in [2.05, 4.69) is 5.32 Å². The van der Waals surface area contributed by atoms with Crippen molar-refractivity contribution in [3.05, 3.63) is 35.1 Å². The summed E-state index contributed by atoms with van der Waals surface area (Å²) in [5.41, 5.74) is 0.144. The highest BCUT2D eigenvalue weighted by molar-refractivity contribution is 5.72. The summed E-state index contributed by atoms with van der Waals surface area (Å²) < 4.78 is 12.9. The third-order valence-corrected chi connectivity index (χ3v) is 2.63. The number of hydrogen-bond acceptors (Lipinski definition) is 4. The molecule has 19 heavy (non-hydrogen) atoms. The van der Waals surface area contributed by atoms with Crippen LogP contribution in [0.4, 0.5) is 4.39 Å². The molecule has 1 rings (SSSR count). The molecule has 0 heterocycles. The van der Waals surface area contributed by atoms with Crippen molar-refractivity contribution in [2.45, 2.75) is 25.6 Å². The van der Waals surface area contributed by atoms with Crippen LogP contribution in [0.1, 0.15) is 30.6 Å². The molecule has 0 bridgehead atoms. The van der Waals surface area contributed by atoms with Gasteiger partial charge in [0, 0.05) is 19.0 Å². The number of nitriles is 1. The fourth-order valence-corrected chi connectivity index (χ4v) is 1.64. The monoisotopic (exact) mass is 266 g/mol. The first-order valence-electron chi connectivity index (χ1n) is 5.75. The smallest absolute Gasteiger partial charge is 0.216 e. The van der Waals surface area contributed by atoms with E-state index >= 15 is 0 Å². The standard InChI is InChI=1S/C13H15FN2O3/c1-8(17)16-5-4-12(18)13(19)11-3-2-10(14)6-9(11)7-15/h2-3,6,12-13,18-19H,4-5H2,1H3,(H,16,17). The summed E-state index contributed by atoms with van der Waals surface area (Å²) in [7, 11) is 0. The molecule has 0 aliphatic carbocycles. The SMILES string of the molecule is CC(=O)NCCC(O)C(O)c1ccc(F)cc1C#N. The van der Waals surface area contributed by atoms with E-state index in [0.717, 1.165) is 12.1 Å². The van der Waals surface area contributed by atoms with E-state index in [-0.39, 0.29) is 30.0 Å². The number of amides is 1.